The van der Waals surface area contributed by atoms with Gasteiger partial charge in [-0.15, -0.1) is 0 Å². The Balaban J connectivity index is 2.25. The molecule has 0 heterocycles. The summed E-state index contributed by atoms with van der Waals surface area (Å²) in [6.07, 6.45) is 1.12. The van der Waals surface area contributed by atoms with E-state index in [0.29, 0.717) is 13.2 Å². The molecule has 0 N–H and O–H groups in total. The Morgan fingerprint density at radius 1 is 1.31 bits per heavy atom. The van der Waals surface area contributed by atoms with Crippen molar-refractivity contribution in [2.24, 2.45) is 0 Å². The number of benzene rings is 1. The van der Waals surface area contributed by atoms with Gasteiger partial charge in [0.15, 0.2) is 0 Å². The quantitative estimate of drug-likeness (QED) is 0.754. The summed E-state index contributed by atoms with van der Waals surface area (Å²) >= 11 is 3.36. The molecule has 0 amide bonds. The van der Waals surface area contributed by atoms with Crippen LogP contribution in [0.2, 0.25) is 0 Å². The molecule has 0 aliphatic rings. The van der Waals surface area contributed by atoms with Crippen LogP contribution in [0, 0.1) is 0 Å². The maximum atomic E-state index is 11.2. The molecule has 1 aromatic rings. The highest BCUT2D eigenvalue weighted by Gasteiger charge is 2.04. The Bertz CT molecular complexity index is 339. The zero-order valence-corrected chi connectivity index (χ0v) is 10.8. The van der Waals surface area contributed by atoms with Crippen molar-refractivity contribution in [3.05, 3.63) is 28.7 Å². The van der Waals surface area contributed by atoms with Gasteiger partial charge in [-0.25, -0.2) is 0 Å². The molecule has 16 heavy (non-hydrogen) atoms. The molecule has 0 atom stereocenters. The molecule has 0 saturated heterocycles. The summed E-state index contributed by atoms with van der Waals surface area (Å²) in [5, 5.41) is 0. The van der Waals surface area contributed by atoms with Gasteiger partial charge in [-0.3, -0.25) is 4.79 Å². The van der Waals surface area contributed by atoms with E-state index in [1.807, 2.05) is 31.2 Å². The average Bonchev–Trinajstić information content (AvgIpc) is 2.29. The third-order valence-electron chi connectivity index (χ3n) is 1.87. The van der Waals surface area contributed by atoms with Crippen LogP contribution in [0.4, 0.5) is 0 Å². The predicted octanol–water partition coefficient (Wildman–Crippen LogP) is 3.17. The molecule has 1 rings (SSSR count). The fraction of sp³-hybridized carbons (Fsp3) is 0.417. The highest BCUT2D eigenvalue weighted by Crippen LogP contribution is 2.23. The zero-order valence-electron chi connectivity index (χ0n) is 9.24. The van der Waals surface area contributed by atoms with Gasteiger partial charge in [-0.1, -0.05) is 19.1 Å². The van der Waals surface area contributed by atoms with Gasteiger partial charge in [-0.2, -0.15) is 0 Å². The number of rotatable bonds is 6. The van der Waals surface area contributed by atoms with Crippen LogP contribution in [0.1, 0.15) is 19.8 Å². The third-order valence-corrected chi connectivity index (χ3v) is 2.52. The first-order valence-corrected chi connectivity index (χ1v) is 6.06. The largest absolute Gasteiger partial charge is 0.492 e. The van der Waals surface area contributed by atoms with Gasteiger partial charge in [0.2, 0.25) is 0 Å². The summed E-state index contributed by atoms with van der Waals surface area (Å²) in [5.41, 5.74) is 0. The number of hydrogen-bond acceptors (Lipinski definition) is 3. The summed E-state index contributed by atoms with van der Waals surface area (Å²) in [4.78, 5) is 11.2. The van der Waals surface area contributed by atoms with Crippen LogP contribution in [0.25, 0.3) is 0 Å². The van der Waals surface area contributed by atoms with Crippen molar-refractivity contribution < 1.29 is 14.3 Å². The van der Waals surface area contributed by atoms with Crippen LogP contribution in [-0.4, -0.2) is 19.2 Å². The predicted molar refractivity (Wildman–Crippen MR) is 65.5 cm³/mol. The number of carbonyl (C=O) groups excluding carboxylic acids is 1. The molecular formula is C12H15BrO3. The molecule has 1 aromatic carbocycles. The molecule has 3 nitrogen and oxygen atoms in total. The fourth-order valence-electron chi connectivity index (χ4n) is 1.09. The maximum Gasteiger partial charge on any atom is 0.309 e. The smallest absolute Gasteiger partial charge is 0.309 e. The Kier molecular flexibility index (Phi) is 5.93. The number of carbonyl (C=O) groups is 1. The lowest BCUT2D eigenvalue weighted by Gasteiger charge is -2.07. The van der Waals surface area contributed by atoms with Gasteiger partial charge in [-0.05, 0) is 34.5 Å². The van der Waals surface area contributed by atoms with Crippen LogP contribution in [0.3, 0.4) is 0 Å². The maximum absolute atomic E-state index is 11.2. The summed E-state index contributed by atoms with van der Waals surface area (Å²) in [7, 11) is 0. The first-order valence-electron chi connectivity index (χ1n) is 5.27. The molecule has 0 fully saturated rings. The second kappa shape index (κ2) is 7.28. The number of halogens is 1. The van der Waals surface area contributed by atoms with E-state index in [2.05, 4.69) is 15.9 Å². The highest BCUT2D eigenvalue weighted by atomic mass is 79.9. The minimum Gasteiger partial charge on any atom is -0.492 e. The molecule has 0 aliphatic carbocycles. The number of hydrogen-bond donors (Lipinski definition) is 0. The van der Waals surface area contributed by atoms with Gasteiger partial charge in [0.05, 0.1) is 24.1 Å². The lowest BCUT2D eigenvalue weighted by molar-refractivity contribution is -0.144. The standard InChI is InChI=1S/C12H15BrO3/c1-2-8-16-12(14)7-9-15-11-6-4-3-5-10(11)13/h3-6H,2,7-9H2,1H3. The van der Waals surface area contributed by atoms with Gasteiger partial charge in [0.25, 0.3) is 0 Å². The lowest BCUT2D eigenvalue weighted by atomic mass is 10.3. The first-order chi connectivity index (χ1) is 7.74. The third kappa shape index (κ3) is 4.66. The van der Waals surface area contributed by atoms with Crippen molar-refractivity contribution in [2.75, 3.05) is 13.2 Å². The van der Waals surface area contributed by atoms with E-state index in [9.17, 15) is 4.79 Å². The van der Waals surface area contributed by atoms with Gasteiger partial charge >= 0.3 is 5.97 Å². The van der Waals surface area contributed by atoms with Gasteiger partial charge in [0, 0.05) is 0 Å². The van der Waals surface area contributed by atoms with Crippen LogP contribution >= 0.6 is 15.9 Å². The van der Waals surface area contributed by atoms with Crippen molar-refractivity contribution in [2.45, 2.75) is 19.8 Å². The summed E-state index contributed by atoms with van der Waals surface area (Å²) in [5.74, 6) is 0.527. The minimum absolute atomic E-state index is 0.214. The number of ether oxygens (including phenoxy) is 2. The van der Waals surface area contributed by atoms with E-state index in [4.69, 9.17) is 9.47 Å². The van der Waals surface area contributed by atoms with Gasteiger partial charge in [0.1, 0.15) is 5.75 Å². The Morgan fingerprint density at radius 3 is 2.75 bits per heavy atom. The van der Waals surface area contributed by atoms with Crippen LogP contribution in [-0.2, 0) is 9.53 Å². The van der Waals surface area contributed by atoms with Crippen molar-refractivity contribution in [1.82, 2.24) is 0 Å². The molecule has 0 saturated carbocycles. The molecule has 0 bridgehead atoms. The average molecular weight is 287 g/mol. The molecule has 88 valence electrons. The van der Waals surface area contributed by atoms with E-state index in [1.165, 1.54) is 0 Å². The van der Waals surface area contributed by atoms with E-state index < -0.39 is 0 Å². The Morgan fingerprint density at radius 2 is 2.06 bits per heavy atom. The molecule has 0 aliphatic heterocycles. The normalized spacial score (nSPS) is 9.88. The SMILES string of the molecule is CCCOC(=O)CCOc1ccccc1Br. The van der Waals surface area contributed by atoms with E-state index in [-0.39, 0.29) is 12.4 Å². The van der Waals surface area contributed by atoms with E-state index in [0.717, 1.165) is 16.6 Å². The summed E-state index contributed by atoms with van der Waals surface area (Å²) in [6.45, 7) is 2.78. The molecule has 0 unspecified atom stereocenters. The molecular weight excluding hydrogens is 272 g/mol. The second-order valence-electron chi connectivity index (χ2n) is 3.25. The Labute approximate surface area is 104 Å². The topological polar surface area (TPSA) is 35.5 Å². The van der Waals surface area contributed by atoms with Crippen molar-refractivity contribution >= 4 is 21.9 Å². The number of esters is 1. The first kappa shape index (κ1) is 13.0. The molecule has 0 spiro atoms. The monoisotopic (exact) mass is 286 g/mol. The van der Waals surface area contributed by atoms with Crippen molar-refractivity contribution in [1.29, 1.82) is 0 Å². The molecule has 0 aromatic heterocycles. The summed E-state index contributed by atoms with van der Waals surface area (Å²) in [6, 6.07) is 7.54. The van der Waals surface area contributed by atoms with E-state index >= 15 is 0 Å². The Hall–Kier alpha value is -1.03. The lowest BCUT2D eigenvalue weighted by Crippen LogP contribution is -2.10. The fourth-order valence-corrected chi connectivity index (χ4v) is 1.49. The van der Waals surface area contributed by atoms with E-state index in [1.54, 1.807) is 0 Å². The second-order valence-corrected chi connectivity index (χ2v) is 4.10. The van der Waals surface area contributed by atoms with Gasteiger partial charge < -0.3 is 9.47 Å². The number of para-hydroxylation sites is 1. The molecule has 0 radical (unpaired) electrons. The van der Waals surface area contributed by atoms with Crippen molar-refractivity contribution in [3.63, 3.8) is 0 Å². The van der Waals surface area contributed by atoms with Crippen LogP contribution in [0.5, 0.6) is 5.75 Å². The summed E-state index contributed by atoms with van der Waals surface area (Å²) < 4.78 is 11.3. The van der Waals surface area contributed by atoms with Crippen LogP contribution < -0.4 is 4.74 Å². The zero-order chi connectivity index (χ0) is 11.8. The minimum atomic E-state index is -0.214. The van der Waals surface area contributed by atoms with Crippen molar-refractivity contribution in [3.8, 4) is 5.75 Å². The molecule has 4 heteroatoms. The highest BCUT2D eigenvalue weighted by molar-refractivity contribution is 9.10. The van der Waals surface area contributed by atoms with Crippen LogP contribution in [0.15, 0.2) is 28.7 Å².